The lowest BCUT2D eigenvalue weighted by molar-refractivity contribution is -0.143. The maximum absolute atomic E-state index is 14.2. The second-order valence-corrected chi connectivity index (χ2v) is 26.0. The Bertz CT molecular complexity index is 4660. The molecule has 0 saturated carbocycles. The van der Waals surface area contributed by atoms with E-state index in [0.29, 0.717) is 68.8 Å². The van der Waals surface area contributed by atoms with Crippen LogP contribution in [0.1, 0.15) is 86.8 Å². The van der Waals surface area contributed by atoms with Crippen molar-refractivity contribution < 1.29 is 105 Å². The van der Waals surface area contributed by atoms with E-state index in [1.807, 2.05) is 6.07 Å². The molecule has 1 aliphatic heterocycles. The standard InChI is InChI=1S/C19H17F4N5O.C19H20F3N3O3.C18H21F3N4O2.C16H17F4N5O2.4H2/c1-18(2,17(29)26-10-19(21,22)23)28-16-13(20)9-25-15(27-16)12-5-6-14-11(8-12)4-3-7-24-14;1-11(2)17(13(26)5-7-19(20,21)22)24-16-6-8-23-18(25-16)12-3-4-14-15(9-12)28-10-27-14;1-11(2)16(13(26)6-8-18(19,20)21)24-14-7-9-22-17(25-14)12-4-5-15(27-3)23-10-12;1-15(2,14(26)23-8-16(18,19)20)25-13-10(17)7-22-12(24-13)9-4-5-11(27-3)21-6-9;;;;/h3-9H,10H2,1-2H3,(H,26,29)(H,25,27,28);3-4,6,8-9,11,17H,5,7,10H2,1-2H3,(H,23,24,25);4-5,7,9-11,16H,6,8H2,1-3H3,(H,22,24,25);4-7H,8H2,1-3H3,(H,23,26)(H,22,24,25);4*1H/t;17-;16-;;;;;/m.11...../s1. The molecule has 0 spiro atoms. The molecule has 10 rings (SSSR count). The van der Waals surface area contributed by atoms with Gasteiger partial charge in [-0.15, -0.1) is 0 Å². The zero-order chi connectivity index (χ0) is 81.8. The molecule has 0 aliphatic carbocycles. The summed E-state index contributed by atoms with van der Waals surface area (Å²) in [5.41, 5.74) is 0.0348. The first-order valence-corrected chi connectivity index (χ1v) is 33.4. The first-order valence-electron chi connectivity index (χ1n) is 33.4. The molecule has 8 heterocycles. The SMILES string of the molecule is CC(C)(Nc1nc(-c2ccc3ncccc3c2)ncc1F)C(=O)NCC(F)(F)F.CC(C)[C@@H](Nc1ccnc(-c2ccc3c(c2)OCO3)n1)C(=O)CCC(F)(F)F.COc1ccc(-c2ncc(F)c(NC(C)(C)C(=O)NCC(F)(F)F)n2)cn1.COc1ccc(-c2nccc(N[C@@H](C(=O)CCC(F)(F)F)C(C)C)n2)cn1.[HH].[HH].[HH].[HH]. The van der Waals surface area contributed by atoms with Gasteiger partial charge >= 0.3 is 24.7 Å². The molecule has 602 valence electrons. The van der Waals surface area contributed by atoms with Gasteiger partial charge in [-0.25, -0.2) is 58.6 Å². The van der Waals surface area contributed by atoms with E-state index in [0.717, 1.165) is 23.3 Å². The van der Waals surface area contributed by atoms with Crippen LogP contribution >= 0.6 is 0 Å². The highest BCUT2D eigenvalue weighted by Crippen LogP contribution is 2.36. The van der Waals surface area contributed by atoms with E-state index in [-0.39, 0.29) is 47.6 Å². The van der Waals surface area contributed by atoms with Gasteiger partial charge in [0.1, 0.15) is 35.8 Å². The predicted molar refractivity (Wildman–Crippen MR) is 387 cm³/mol. The molecular formula is C72H83F14N17O8. The van der Waals surface area contributed by atoms with E-state index in [1.54, 1.807) is 130 Å². The molecule has 111 heavy (non-hydrogen) atoms. The van der Waals surface area contributed by atoms with Crippen LogP contribution in [0.2, 0.25) is 0 Å². The van der Waals surface area contributed by atoms with Gasteiger partial charge in [0.2, 0.25) is 30.4 Å². The molecule has 25 nitrogen and oxygen atoms in total. The number of carbonyl (C=O) groups is 4. The summed E-state index contributed by atoms with van der Waals surface area (Å²) in [6, 6.07) is 22.3. The highest BCUT2D eigenvalue weighted by Gasteiger charge is 2.37. The number of aromatic nitrogens is 11. The van der Waals surface area contributed by atoms with Crippen molar-refractivity contribution in [3.63, 3.8) is 0 Å². The van der Waals surface area contributed by atoms with Crippen LogP contribution in [0.3, 0.4) is 0 Å². The molecule has 0 saturated heterocycles. The Labute approximate surface area is 631 Å². The van der Waals surface area contributed by atoms with Gasteiger partial charge in [-0.2, -0.15) is 52.7 Å². The van der Waals surface area contributed by atoms with Gasteiger partial charge in [-0.3, -0.25) is 24.2 Å². The number of alkyl halides is 12. The van der Waals surface area contributed by atoms with Gasteiger partial charge in [0, 0.05) is 89.3 Å². The Morgan fingerprint density at radius 2 is 0.883 bits per heavy atom. The Hall–Kier alpha value is -11.8. The van der Waals surface area contributed by atoms with Crippen molar-refractivity contribution in [1.29, 1.82) is 0 Å². The number of fused-ring (bicyclic) bond motifs is 2. The smallest absolute Gasteiger partial charge is 0.405 e. The molecule has 1 aliphatic rings. The summed E-state index contributed by atoms with van der Waals surface area (Å²) < 4.78 is 197. The summed E-state index contributed by atoms with van der Waals surface area (Å²) in [7, 11) is 2.95. The van der Waals surface area contributed by atoms with Gasteiger partial charge in [0.25, 0.3) is 0 Å². The minimum Gasteiger partial charge on any atom is -0.481 e. The third-order valence-electron chi connectivity index (χ3n) is 15.5. The molecular weight excluding hydrogens is 1500 g/mol. The fourth-order valence-electron chi connectivity index (χ4n) is 9.77. The third-order valence-corrected chi connectivity index (χ3v) is 15.5. The number of nitrogens with one attached hydrogen (secondary N) is 6. The van der Waals surface area contributed by atoms with Crippen molar-refractivity contribution in [1.82, 2.24) is 65.5 Å². The van der Waals surface area contributed by atoms with Crippen LogP contribution in [0.25, 0.3) is 56.5 Å². The van der Waals surface area contributed by atoms with Crippen molar-refractivity contribution in [2.75, 3.05) is 55.4 Å². The summed E-state index contributed by atoms with van der Waals surface area (Å²) in [6.45, 7) is 9.47. The number of rotatable bonds is 26. The zero-order valence-corrected chi connectivity index (χ0v) is 60.9. The lowest BCUT2D eigenvalue weighted by Crippen LogP contribution is -2.50. The zero-order valence-electron chi connectivity index (χ0n) is 60.9. The largest absolute Gasteiger partial charge is 0.481 e. The third kappa shape index (κ3) is 27.1. The van der Waals surface area contributed by atoms with Gasteiger partial charge in [-0.1, -0.05) is 33.8 Å². The first kappa shape index (κ1) is 86.4. The number of methoxy groups -OCH3 is 2. The van der Waals surface area contributed by atoms with Gasteiger partial charge in [-0.05, 0) is 106 Å². The second-order valence-electron chi connectivity index (χ2n) is 26.0. The molecule has 2 amide bonds. The van der Waals surface area contributed by atoms with Gasteiger partial charge in [0.15, 0.2) is 69.6 Å². The highest BCUT2D eigenvalue weighted by molar-refractivity contribution is 5.90. The number of ketones is 2. The van der Waals surface area contributed by atoms with E-state index in [9.17, 15) is 80.6 Å². The Morgan fingerprint density at radius 3 is 1.31 bits per heavy atom. The monoisotopic (exact) mass is 1580 g/mol. The van der Waals surface area contributed by atoms with E-state index in [4.69, 9.17) is 18.9 Å². The topological polar surface area (TPSA) is 319 Å². The van der Waals surface area contributed by atoms with Crippen LogP contribution in [0.5, 0.6) is 23.3 Å². The number of amides is 2. The lowest BCUT2D eigenvalue weighted by atomic mass is 9.97. The molecule has 6 N–H and O–H groups in total. The number of halogens is 14. The van der Waals surface area contributed by atoms with Crippen LogP contribution in [0.4, 0.5) is 84.7 Å². The van der Waals surface area contributed by atoms with E-state index in [2.05, 4.69) is 76.1 Å². The van der Waals surface area contributed by atoms with E-state index >= 15 is 0 Å². The number of ether oxygens (including phenoxy) is 4. The number of benzene rings is 2. The van der Waals surface area contributed by atoms with Crippen LogP contribution < -0.4 is 50.8 Å². The molecule has 9 aromatic rings. The molecule has 0 radical (unpaired) electrons. The maximum atomic E-state index is 14.2. The quantitative estimate of drug-likeness (QED) is 0.0274. The Morgan fingerprint density at radius 1 is 0.468 bits per heavy atom. The average Bonchev–Trinajstić information content (AvgIpc) is 1.29. The average molecular weight is 1580 g/mol. The highest BCUT2D eigenvalue weighted by atomic mass is 19.4. The van der Waals surface area contributed by atoms with Crippen LogP contribution in [0, 0.1) is 23.5 Å². The molecule has 0 bridgehead atoms. The minimum atomic E-state index is -4.56. The van der Waals surface area contributed by atoms with Gasteiger partial charge < -0.3 is 50.8 Å². The Balaban J connectivity index is 0.000000392. The Kier molecular flexibility index (Phi) is 29.2. The minimum absolute atomic E-state index is 0. The summed E-state index contributed by atoms with van der Waals surface area (Å²) in [5, 5.41) is 15.3. The number of nitrogens with zero attached hydrogens (tertiary/aromatic N) is 11. The van der Waals surface area contributed by atoms with Crippen molar-refractivity contribution in [3.05, 3.63) is 140 Å². The number of pyridine rings is 3. The van der Waals surface area contributed by atoms with Crippen LogP contribution in [-0.4, -0.2) is 160 Å². The second kappa shape index (κ2) is 37.5. The maximum Gasteiger partial charge on any atom is 0.405 e. The lowest BCUT2D eigenvalue weighted by Gasteiger charge is -2.26. The molecule has 2 atom stereocenters. The molecule has 2 aromatic carbocycles. The van der Waals surface area contributed by atoms with Crippen molar-refractivity contribution in [2.24, 2.45) is 11.8 Å². The van der Waals surface area contributed by atoms with Crippen LogP contribution in [-0.2, 0) is 19.2 Å². The molecule has 0 unspecified atom stereocenters. The molecule has 7 aromatic heterocycles. The fourth-order valence-corrected chi connectivity index (χ4v) is 9.77. The normalized spacial score (nSPS) is 12.7. The number of anilines is 4. The summed E-state index contributed by atoms with van der Waals surface area (Å²) in [5.74, 6) is -1.85. The number of carbonyl (C=O) groups excluding carboxylic acids is 4. The molecule has 0 fully saturated rings. The van der Waals surface area contributed by atoms with E-state index in [1.165, 1.54) is 60.5 Å². The van der Waals surface area contributed by atoms with Crippen molar-refractivity contribution in [3.8, 4) is 68.8 Å². The summed E-state index contributed by atoms with van der Waals surface area (Å²) >= 11 is 0. The number of Topliss-reactive ketones (excluding diaryl/α,β-unsaturated/α-hetero) is 2. The van der Waals surface area contributed by atoms with Gasteiger partial charge in [0.05, 0.1) is 57.1 Å². The predicted octanol–water partition coefficient (Wildman–Crippen LogP) is 15.4. The number of hydrogen-bond donors (Lipinski definition) is 6. The van der Waals surface area contributed by atoms with E-state index < -0.39 is 122 Å². The molecule has 39 heteroatoms. The fraction of sp³-hybridized carbons (Fsp3) is 0.375. The van der Waals surface area contributed by atoms with Crippen molar-refractivity contribution >= 4 is 57.6 Å². The van der Waals surface area contributed by atoms with Crippen LogP contribution in [0.15, 0.2) is 128 Å². The summed E-state index contributed by atoms with van der Waals surface area (Å²) in [6.07, 6.45) is -11.8. The number of hydrogen-bond acceptors (Lipinski definition) is 23. The first-order chi connectivity index (χ1) is 52.0. The van der Waals surface area contributed by atoms with Crippen molar-refractivity contribution in [2.45, 2.75) is 129 Å². The summed E-state index contributed by atoms with van der Waals surface area (Å²) in [4.78, 5) is 93.9.